The molecule has 16 heavy (non-hydrogen) atoms. The van der Waals surface area contributed by atoms with Crippen molar-refractivity contribution >= 4 is 16.7 Å². The van der Waals surface area contributed by atoms with E-state index in [1.807, 2.05) is 18.3 Å². The summed E-state index contributed by atoms with van der Waals surface area (Å²) >= 11 is 0. The number of nitrogens with zero attached hydrogens (tertiary/aromatic N) is 1. The maximum Gasteiger partial charge on any atom is 0.144 e. The number of Topliss-reactive ketones (excluding diaryl/α,β-unsaturated/α-hetero) is 1. The zero-order valence-corrected chi connectivity index (χ0v) is 8.86. The van der Waals surface area contributed by atoms with Crippen molar-refractivity contribution in [1.29, 1.82) is 0 Å². The molecule has 3 rings (SSSR count). The van der Waals surface area contributed by atoms with E-state index in [4.69, 9.17) is 0 Å². The van der Waals surface area contributed by atoms with Gasteiger partial charge in [0, 0.05) is 42.8 Å². The Bertz CT molecular complexity index is 532. The van der Waals surface area contributed by atoms with E-state index in [0.29, 0.717) is 18.7 Å². The van der Waals surface area contributed by atoms with Crippen molar-refractivity contribution in [3.8, 4) is 0 Å². The van der Waals surface area contributed by atoms with Gasteiger partial charge in [-0.05, 0) is 12.1 Å². The lowest BCUT2D eigenvalue weighted by molar-refractivity contribution is -0.121. The summed E-state index contributed by atoms with van der Waals surface area (Å²) in [5.41, 5.74) is 1.94. The van der Waals surface area contributed by atoms with Gasteiger partial charge in [0.15, 0.2) is 0 Å². The van der Waals surface area contributed by atoms with Crippen LogP contribution in [0.1, 0.15) is 18.0 Å². The van der Waals surface area contributed by atoms with Crippen molar-refractivity contribution in [2.75, 3.05) is 13.1 Å². The molecule has 0 amide bonds. The molecule has 0 unspecified atom stereocenters. The summed E-state index contributed by atoms with van der Waals surface area (Å²) in [7, 11) is 0. The van der Waals surface area contributed by atoms with Crippen LogP contribution >= 0.6 is 0 Å². The summed E-state index contributed by atoms with van der Waals surface area (Å²) in [6.45, 7) is 1.49. The molecular weight excluding hydrogens is 202 g/mol. The highest BCUT2D eigenvalue weighted by atomic mass is 16.1. The van der Waals surface area contributed by atoms with Crippen LogP contribution < -0.4 is 5.32 Å². The van der Waals surface area contributed by atoms with Crippen LogP contribution in [0.5, 0.6) is 0 Å². The minimum Gasteiger partial charge on any atom is -0.361 e. The lowest BCUT2D eigenvalue weighted by atomic mass is 9.92. The summed E-state index contributed by atoms with van der Waals surface area (Å²) < 4.78 is 0. The van der Waals surface area contributed by atoms with Crippen LogP contribution in [0.2, 0.25) is 0 Å². The van der Waals surface area contributed by atoms with Gasteiger partial charge in [0.1, 0.15) is 5.78 Å². The lowest BCUT2D eigenvalue weighted by Crippen LogP contribution is -2.35. The first kappa shape index (κ1) is 9.54. The fraction of sp³-hybridized carbons (Fsp3) is 0.333. The number of piperidine rings is 1. The molecule has 1 aliphatic heterocycles. The Balaban J connectivity index is 2.10. The minimum absolute atomic E-state index is 0.0896. The number of carbonyl (C=O) groups is 1. The van der Waals surface area contributed by atoms with Gasteiger partial charge in [-0.1, -0.05) is 0 Å². The molecule has 2 aromatic heterocycles. The molecule has 1 saturated heterocycles. The second kappa shape index (κ2) is 3.72. The Morgan fingerprint density at radius 3 is 3.19 bits per heavy atom. The fourth-order valence-corrected chi connectivity index (χ4v) is 2.28. The molecule has 2 aromatic rings. The van der Waals surface area contributed by atoms with Gasteiger partial charge in [0.25, 0.3) is 0 Å². The summed E-state index contributed by atoms with van der Waals surface area (Å²) in [6.07, 6.45) is 4.25. The number of aromatic nitrogens is 2. The molecule has 1 atom stereocenters. The van der Waals surface area contributed by atoms with Gasteiger partial charge in [-0.2, -0.15) is 0 Å². The van der Waals surface area contributed by atoms with Crippen molar-refractivity contribution in [3.05, 3.63) is 30.2 Å². The Labute approximate surface area is 93.1 Å². The summed E-state index contributed by atoms with van der Waals surface area (Å²) in [5, 5.41) is 4.31. The molecule has 1 fully saturated rings. The summed E-state index contributed by atoms with van der Waals surface area (Å²) in [6, 6.07) is 3.92. The van der Waals surface area contributed by atoms with Crippen LogP contribution in [-0.2, 0) is 4.79 Å². The number of fused-ring (bicyclic) bond motifs is 1. The largest absolute Gasteiger partial charge is 0.361 e. The molecule has 0 bridgehead atoms. The first-order chi connectivity index (χ1) is 7.86. The topological polar surface area (TPSA) is 57.8 Å². The van der Waals surface area contributed by atoms with Gasteiger partial charge in [-0.15, -0.1) is 0 Å². The van der Waals surface area contributed by atoms with Crippen LogP contribution in [0, 0.1) is 0 Å². The standard InChI is InChI=1S/C12H13N3O/c16-11-3-4-13-7-9(11)12-8-1-5-14-10(8)2-6-15-12/h1-2,5-6,9,13-14H,3-4,7H2/t9-/m0/s1. The van der Waals surface area contributed by atoms with Gasteiger partial charge >= 0.3 is 0 Å². The molecule has 0 radical (unpaired) electrons. The van der Waals surface area contributed by atoms with E-state index in [9.17, 15) is 4.79 Å². The molecule has 4 heteroatoms. The van der Waals surface area contributed by atoms with E-state index >= 15 is 0 Å². The zero-order valence-electron chi connectivity index (χ0n) is 8.86. The second-order valence-electron chi connectivity index (χ2n) is 4.11. The van der Waals surface area contributed by atoms with Gasteiger partial charge < -0.3 is 10.3 Å². The van der Waals surface area contributed by atoms with Gasteiger partial charge in [-0.25, -0.2) is 0 Å². The average molecular weight is 215 g/mol. The second-order valence-corrected chi connectivity index (χ2v) is 4.11. The predicted octanol–water partition coefficient (Wildman–Crippen LogP) is 1.21. The number of rotatable bonds is 1. The SMILES string of the molecule is O=C1CCNC[C@@H]1c1nccc2[nH]ccc12. The number of nitrogens with one attached hydrogen (secondary N) is 2. The summed E-state index contributed by atoms with van der Waals surface area (Å²) in [4.78, 5) is 19.4. The van der Waals surface area contributed by atoms with Crippen molar-refractivity contribution in [3.63, 3.8) is 0 Å². The molecule has 4 nitrogen and oxygen atoms in total. The molecule has 0 aliphatic carbocycles. The monoisotopic (exact) mass is 215 g/mol. The van der Waals surface area contributed by atoms with E-state index in [-0.39, 0.29) is 5.92 Å². The molecule has 1 aliphatic rings. The van der Waals surface area contributed by atoms with Crippen molar-refractivity contribution in [2.45, 2.75) is 12.3 Å². The van der Waals surface area contributed by atoms with Crippen LogP contribution in [-0.4, -0.2) is 28.8 Å². The number of pyridine rings is 1. The molecule has 3 heterocycles. The molecular formula is C12H13N3O. The Hall–Kier alpha value is -1.68. The van der Waals surface area contributed by atoms with Gasteiger partial charge in [0.2, 0.25) is 0 Å². The molecule has 0 saturated carbocycles. The minimum atomic E-state index is -0.0896. The normalized spacial score (nSPS) is 21.5. The smallest absolute Gasteiger partial charge is 0.144 e. The first-order valence-corrected chi connectivity index (χ1v) is 5.51. The van der Waals surface area contributed by atoms with Crippen molar-refractivity contribution < 1.29 is 4.79 Å². The highest BCUT2D eigenvalue weighted by Gasteiger charge is 2.26. The van der Waals surface area contributed by atoms with E-state index < -0.39 is 0 Å². The average Bonchev–Trinajstić information content (AvgIpc) is 2.77. The molecule has 0 spiro atoms. The van der Waals surface area contributed by atoms with Crippen LogP contribution in [0.3, 0.4) is 0 Å². The lowest BCUT2D eigenvalue weighted by Gasteiger charge is -2.21. The Morgan fingerprint density at radius 2 is 2.31 bits per heavy atom. The van der Waals surface area contributed by atoms with E-state index in [1.165, 1.54) is 0 Å². The maximum atomic E-state index is 11.9. The van der Waals surface area contributed by atoms with Crippen LogP contribution in [0.25, 0.3) is 10.9 Å². The highest BCUT2D eigenvalue weighted by Crippen LogP contribution is 2.25. The van der Waals surface area contributed by atoms with E-state index in [0.717, 1.165) is 23.1 Å². The number of hydrogen-bond acceptors (Lipinski definition) is 3. The Morgan fingerprint density at radius 1 is 1.38 bits per heavy atom. The molecule has 2 N–H and O–H groups in total. The van der Waals surface area contributed by atoms with E-state index in [1.54, 1.807) is 6.20 Å². The van der Waals surface area contributed by atoms with Crippen LogP contribution in [0.15, 0.2) is 24.5 Å². The zero-order chi connectivity index (χ0) is 11.0. The highest BCUT2D eigenvalue weighted by molar-refractivity contribution is 5.92. The number of hydrogen-bond donors (Lipinski definition) is 2. The third-order valence-corrected chi connectivity index (χ3v) is 3.13. The van der Waals surface area contributed by atoms with E-state index in [2.05, 4.69) is 15.3 Å². The fourth-order valence-electron chi connectivity index (χ4n) is 2.28. The van der Waals surface area contributed by atoms with Gasteiger partial charge in [-0.3, -0.25) is 9.78 Å². The molecule has 0 aromatic carbocycles. The maximum absolute atomic E-state index is 11.9. The van der Waals surface area contributed by atoms with Crippen molar-refractivity contribution in [1.82, 2.24) is 15.3 Å². The molecule has 82 valence electrons. The number of aromatic amines is 1. The first-order valence-electron chi connectivity index (χ1n) is 5.51. The van der Waals surface area contributed by atoms with Crippen LogP contribution in [0.4, 0.5) is 0 Å². The summed E-state index contributed by atoms with van der Waals surface area (Å²) in [5.74, 6) is 0.202. The van der Waals surface area contributed by atoms with Gasteiger partial charge in [0.05, 0.1) is 11.6 Å². The predicted molar refractivity (Wildman–Crippen MR) is 61.3 cm³/mol. The third-order valence-electron chi connectivity index (χ3n) is 3.13. The third kappa shape index (κ3) is 1.42. The quantitative estimate of drug-likeness (QED) is 0.751. The Kier molecular flexibility index (Phi) is 2.22. The number of ketones is 1. The number of H-pyrrole nitrogens is 1. The number of carbonyl (C=O) groups excluding carboxylic acids is 1. The van der Waals surface area contributed by atoms with Crippen molar-refractivity contribution in [2.24, 2.45) is 0 Å².